The summed E-state index contributed by atoms with van der Waals surface area (Å²) in [5.41, 5.74) is 5.18. The normalized spacial score (nSPS) is 11.1. The first kappa shape index (κ1) is 17.7. The predicted molar refractivity (Wildman–Crippen MR) is 114 cm³/mol. The molecule has 4 aromatic rings. The second-order valence-electron chi connectivity index (χ2n) is 6.59. The van der Waals surface area contributed by atoms with Crippen LogP contribution in [0.25, 0.3) is 28.2 Å². The lowest BCUT2D eigenvalue weighted by Gasteiger charge is -2.02. The molecule has 2 heterocycles. The Hall–Kier alpha value is -3.66. The molecule has 0 spiro atoms. The van der Waals surface area contributed by atoms with Crippen molar-refractivity contribution in [3.63, 3.8) is 0 Å². The molecule has 0 aliphatic carbocycles. The van der Waals surface area contributed by atoms with Crippen LogP contribution >= 0.6 is 0 Å². The van der Waals surface area contributed by atoms with Gasteiger partial charge in [0.05, 0.1) is 0 Å². The molecule has 1 amide bonds. The average Bonchev–Trinajstić information content (AvgIpc) is 3.17. The maximum Gasteiger partial charge on any atom is 0.244 e. The molecule has 2 aromatic carbocycles. The molecule has 138 valence electrons. The Labute approximate surface area is 164 Å². The minimum absolute atomic E-state index is 0.103. The lowest BCUT2D eigenvalue weighted by atomic mass is 10.1. The zero-order valence-electron chi connectivity index (χ0n) is 15.4. The van der Waals surface area contributed by atoms with E-state index in [1.807, 2.05) is 42.6 Å². The van der Waals surface area contributed by atoms with Crippen molar-refractivity contribution >= 4 is 23.0 Å². The van der Waals surface area contributed by atoms with E-state index >= 15 is 0 Å². The SMILES string of the molecule is O=C(/C=C/c1cnc2[nH]cc(-c3ccccc3)c2c1)NCCc1ccccc1. The number of aromatic nitrogens is 2. The van der Waals surface area contributed by atoms with E-state index in [4.69, 9.17) is 0 Å². The zero-order chi connectivity index (χ0) is 19.2. The van der Waals surface area contributed by atoms with Crippen LogP contribution in [0.3, 0.4) is 0 Å². The van der Waals surface area contributed by atoms with Gasteiger partial charge < -0.3 is 10.3 Å². The maximum absolute atomic E-state index is 12.1. The molecule has 4 rings (SSSR count). The van der Waals surface area contributed by atoms with Gasteiger partial charge in [-0.3, -0.25) is 4.79 Å². The van der Waals surface area contributed by atoms with Gasteiger partial charge in [0, 0.05) is 36.0 Å². The van der Waals surface area contributed by atoms with Crippen LogP contribution in [-0.4, -0.2) is 22.4 Å². The lowest BCUT2D eigenvalue weighted by molar-refractivity contribution is -0.116. The van der Waals surface area contributed by atoms with Crippen molar-refractivity contribution in [1.29, 1.82) is 0 Å². The second-order valence-corrected chi connectivity index (χ2v) is 6.59. The number of H-pyrrole nitrogens is 1. The minimum atomic E-state index is -0.103. The Morgan fingerprint density at radius 2 is 1.79 bits per heavy atom. The molecule has 4 heteroatoms. The number of carbonyl (C=O) groups excluding carboxylic acids is 1. The molecule has 0 fully saturated rings. The highest BCUT2D eigenvalue weighted by Gasteiger charge is 2.07. The first-order valence-electron chi connectivity index (χ1n) is 9.32. The number of pyridine rings is 1. The van der Waals surface area contributed by atoms with Gasteiger partial charge in [-0.15, -0.1) is 0 Å². The van der Waals surface area contributed by atoms with Crippen molar-refractivity contribution in [2.75, 3.05) is 6.54 Å². The molecule has 2 aromatic heterocycles. The van der Waals surface area contributed by atoms with E-state index in [-0.39, 0.29) is 5.91 Å². The summed E-state index contributed by atoms with van der Waals surface area (Å²) in [7, 11) is 0. The van der Waals surface area contributed by atoms with Gasteiger partial charge in [-0.25, -0.2) is 4.98 Å². The number of nitrogens with zero attached hydrogens (tertiary/aromatic N) is 1. The van der Waals surface area contributed by atoms with E-state index < -0.39 is 0 Å². The summed E-state index contributed by atoms with van der Waals surface area (Å²) in [6, 6.07) is 22.4. The molecule has 0 bridgehead atoms. The number of aromatic amines is 1. The smallest absolute Gasteiger partial charge is 0.244 e. The Kier molecular flexibility index (Phi) is 5.29. The van der Waals surface area contributed by atoms with Crippen LogP contribution in [0.4, 0.5) is 0 Å². The highest BCUT2D eigenvalue weighted by Crippen LogP contribution is 2.28. The minimum Gasteiger partial charge on any atom is -0.352 e. The predicted octanol–water partition coefficient (Wildman–Crippen LogP) is 4.60. The molecule has 0 saturated heterocycles. The van der Waals surface area contributed by atoms with Gasteiger partial charge in [0.15, 0.2) is 0 Å². The summed E-state index contributed by atoms with van der Waals surface area (Å²) in [5, 5.41) is 3.96. The van der Waals surface area contributed by atoms with E-state index in [0.717, 1.165) is 34.1 Å². The molecule has 0 saturated carbocycles. The van der Waals surface area contributed by atoms with E-state index in [1.54, 1.807) is 18.3 Å². The molecule has 2 N–H and O–H groups in total. The van der Waals surface area contributed by atoms with Crippen molar-refractivity contribution in [3.8, 4) is 11.1 Å². The van der Waals surface area contributed by atoms with E-state index in [1.165, 1.54) is 5.56 Å². The third-order valence-corrected chi connectivity index (χ3v) is 4.62. The highest BCUT2D eigenvalue weighted by atomic mass is 16.1. The van der Waals surface area contributed by atoms with Crippen LogP contribution < -0.4 is 5.32 Å². The molecule has 0 aliphatic rings. The van der Waals surface area contributed by atoms with E-state index in [2.05, 4.69) is 45.6 Å². The van der Waals surface area contributed by atoms with Gasteiger partial charge in [-0.1, -0.05) is 60.7 Å². The second kappa shape index (κ2) is 8.35. The van der Waals surface area contributed by atoms with Crippen LogP contribution in [-0.2, 0) is 11.2 Å². The topological polar surface area (TPSA) is 57.8 Å². The van der Waals surface area contributed by atoms with Gasteiger partial charge in [-0.2, -0.15) is 0 Å². The number of benzene rings is 2. The zero-order valence-corrected chi connectivity index (χ0v) is 15.4. The highest BCUT2D eigenvalue weighted by molar-refractivity contribution is 5.96. The van der Waals surface area contributed by atoms with E-state index in [0.29, 0.717) is 6.54 Å². The van der Waals surface area contributed by atoms with Gasteiger partial charge in [0.1, 0.15) is 5.65 Å². The summed E-state index contributed by atoms with van der Waals surface area (Å²) in [6.07, 6.45) is 7.91. The van der Waals surface area contributed by atoms with E-state index in [9.17, 15) is 4.79 Å². The number of hydrogen-bond donors (Lipinski definition) is 2. The summed E-state index contributed by atoms with van der Waals surface area (Å²) in [4.78, 5) is 19.8. The number of rotatable bonds is 6. The monoisotopic (exact) mass is 367 g/mol. The molecule has 0 atom stereocenters. The number of amides is 1. The Balaban J connectivity index is 1.43. The Bertz CT molecular complexity index is 1100. The standard InChI is InChI=1S/C24H21N3O/c28-23(25-14-13-18-7-3-1-4-8-18)12-11-19-15-21-22(17-27-24(21)26-16-19)20-9-5-2-6-10-20/h1-12,15-17H,13-14H2,(H,25,28)(H,26,27)/b12-11+. The quantitative estimate of drug-likeness (QED) is 0.489. The Morgan fingerprint density at radius 3 is 2.57 bits per heavy atom. The number of nitrogens with one attached hydrogen (secondary N) is 2. The first-order chi connectivity index (χ1) is 13.8. The maximum atomic E-state index is 12.1. The number of carbonyl (C=O) groups is 1. The largest absolute Gasteiger partial charge is 0.352 e. The third kappa shape index (κ3) is 4.18. The average molecular weight is 367 g/mol. The fourth-order valence-corrected chi connectivity index (χ4v) is 3.17. The number of fused-ring (bicyclic) bond motifs is 1. The summed E-state index contributed by atoms with van der Waals surface area (Å²) < 4.78 is 0. The molecular weight excluding hydrogens is 346 g/mol. The van der Waals surface area contributed by atoms with Gasteiger partial charge in [0.25, 0.3) is 0 Å². The van der Waals surface area contributed by atoms with Crippen molar-refractivity contribution < 1.29 is 4.79 Å². The van der Waals surface area contributed by atoms with Gasteiger partial charge >= 0.3 is 0 Å². The number of hydrogen-bond acceptors (Lipinski definition) is 2. The molecule has 28 heavy (non-hydrogen) atoms. The van der Waals surface area contributed by atoms with Crippen molar-refractivity contribution in [2.24, 2.45) is 0 Å². The van der Waals surface area contributed by atoms with Crippen LogP contribution in [0, 0.1) is 0 Å². The van der Waals surface area contributed by atoms with Gasteiger partial charge in [-0.05, 0) is 35.3 Å². The molecule has 0 aliphatic heterocycles. The molecule has 0 unspecified atom stereocenters. The fraction of sp³-hybridized carbons (Fsp3) is 0.0833. The summed E-state index contributed by atoms with van der Waals surface area (Å²) in [5.74, 6) is -0.103. The molecule has 0 radical (unpaired) electrons. The van der Waals surface area contributed by atoms with Crippen LogP contribution in [0.2, 0.25) is 0 Å². The van der Waals surface area contributed by atoms with Crippen molar-refractivity contribution in [2.45, 2.75) is 6.42 Å². The summed E-state index contributed by atoms with van der Waals surface area (Å²) >= 11 is 0. The molecule has 4 nitrogen and oxygen atoms in total. The third-order valence-electron chi connectivity index (χ3n) is 4.62. The summed E-state index contributed by atoms with van der Waals surface area (Å²) in [6.45, 7) is 0.612. The molecular formula is C24H21N3O. The van der Waals surface area contributed by atoms with Gasteiger partial charge in [0.2, 0.25) is 5.91 Å². The van der Waals surface area contributed by atoms with Crippen LogP contribution in [0.15, 0.2) is 85.2 Å². The van der Waals surface area contributed by atoms with Crippen molar-refractivity contribution in [1.82, 2.24) is 15.3 Å². The first-order valence-corrected chi connectivity index (χ1v) is 9.32. The van der Waals surface area contributed by atoms with Crippen LogP contribution in [0.1, 0.15) is 11.1 Å². The van der Waals surface area contributed by atoms with Crippen molar-refractivity contribution in [3.05, 3.63) is 96.3 Å². The Morgan fingerprint density at radius 1 is 1.04 bits per heavy atom. The van der Waals surface area contributed by atoms with Crippen LogP contribution in [0.5, 0.6) is 0 Å². The lowest BCUT2D eigenvalue weighted by Crippen LogP contribution is -2.23. The fourth-order valence-electron chi connectivity index (χ4n) is 3.17.